The second-order valence-corrected chi connectivity index (χ2v) is 5.82. The first-order valence-electron chi connectivity index (χ1n) is 7.55. The SMILES string of the molecule is Cc1ccc(Nc2ncnc(NCc3ccccc3)c2N)cc1Cl. The van der Waals surface area contributed by atoms with E-state index in [9.17, 15) is 0 Å². The fraction of sp³-hybridized carbons (Fsp3) is 0.111. The van der Waals surface area contributed by atoms with E-state index in [0.29, 0.717) is 28.9 Å². The molecule has 0 aliphatic rings. The zero-order valence-corrected chi connectivity index (χ0v) is 14.0. The van der Waals surface area contributed by atoms with Crippen molar-refractivity contribution in [2.24, 2.45) is 0 Å². The Bertz CT molecular complexity index is 836. The Hall–Kier alpha value is -2.79. The van der Waals surface area contributed by atoms with Gasteiger partial charge in [-0.3, -0.25) is 0 Å². The lowest BCUT2D eigenvalue weighted by molar-refractivity contribution is 1.09. The Morgan fingerprint density at radius 2 is 1.79 bits per heavy atom. The minimum absolute atomic E-state index is 0.463. The van der Waals surface area contributed by atoms with Gasteiger partial charge in [-0.25, -0.2) is 9.97 Å². The number of hydrogen-bond donors (Lipinski definition) is 3. The van der Waals surface area contributed by atoms with Gasteiger partial charge in [0.2, 0.25) is 0 Å². The van der Waals surface area contributed by atoms with E-state index < -0.39 is 0 Å². The van der Waals surface area contributed by atoms with E-state index in [1.807, 2.05) is 55.5 Å². The molecule has 0 radical (unpaired) electrons. The van der Waals surface area contributed by atoms with Crippen molar-refractivity contribution < 1.29 is 0 Å². The molecule has 0 aliphatic carbocycles. The van der Waals surface area contributed by atoms with Crippen LogP contribution in [0, 0.1) is 6.92 Å². The van der Waals surface area contributed by atoms with E-state index in [4.69, 9.17) is 17.3 Å². The maximum Gasteiger partial charge on any atom is 0.159 e. The van der Waals surface area contributed by atoms with Crippen molar-refractivity contribution in [1.82, 2.24) is 9.97 Å². The highest BCUT2D eigenvalue weighted by atomic mass is 35.5. The van der Waals surface area contributed by atoms with Gasteiger partial charge in [0.25, 0.3) is 0 Å². The predicted molar refractivity (Wildman–Crippen MR) is 99.7 cm³/mol. The Kier molecular flexibility index (Phi) is 4.82. The number of aromatic nitrogens is 2. The lowest BCUT2D eigenvalue weighted by Crippen LogP contribution is -2.08. The smallest absolute Gasteiger partial charge is 0.159 e. The highest BCUT2D eigenvalue weighted by molar-refractivity contribution is 6.31. The van der Waals surface area contributed by atoms with Crippen LogP contribution in [0.1, 0.15) is 11.1 Å². The number of hydrogen-bond acceptors (Lipinski definition) is 5. The van der Waals surface area contributed by atoms with Gasteiger partial charge in [-0.15, -0.1) is 0 Å². The predicted octanol–water partition coefficient (Wildman–Crippen LogP) is 4.38. The summed E-state index contributed by atoms with van der Waals surface area (Å²) in [5.74, 6) is 1.13. The molecule has 3 rings (SSSR count). The summed E-state index contributed by atoms with van der Waals surface area (Å²) in [4.78, 5) is 8.43. The molecule has 0 spiro atoms. The molecule has 0 saturated carbocycles. The molecular weight excluding hydrogens is 322 g/mol. The standard InChI is InChI=1S/C18H18ClN5/c1-12-7-8-14(9-15(12)19)24-18-16(20)17(22-11-23-18)21-10-13-5-3-2-4-6-13/h2-9,11H,10,20H2,1H3,(H2,21,22,23,24). The van der Waals surface area contributed by atoms with Gasteiger partial charge in [0.1, 0.15) is 12.0 Å². The number of aryl methyl sites for hydroxylation is 1. The topological polar surface area (TPSA) is 75.9 Å². The average molecular weight is 340 g/mol. The molecule has 6 heteroatoms. The molecule has 0 aliphatic heterocycles. The van der Waals surface area contributed by atoms with Crippen LogP contribution in [0.2, 0.25) is 5.02 Å². The molecule has 0 unspecified atom stereocenters. The highest BCUT2D eigenvalue weighted by Gasteiger charge is 2.09. The van der Waals surface area contributed by atoms with Crippen molar-refractivity contribution in [3.05, 3.63) is 71.0 Å². The van der Waals surface area contributed by atoms with Crippen LogP contribution in [-0.2, 0) is 6.54 Å². The molecule has 5 nitrogen and oxygen atoms in total. The first kappa shape index (κ1) is 16.1. The van der Waals surface area contributed by atoms with Crippen LogP contribution >= 0.6 is 11.6 Å². The summed E-state index contributed by atoms with van der Waals surface area (Å²) in [5.41, 5.74) is 9.63. The number of benzene rings is 2. The molecule has 1 aromatic heterocycles. The normalized spacial score (nSPS) is 10.4. The van der Waals surface area contributed by atoms with Gasteiger partial charge >= 0.3 is 0 Å². The van der Waals surface area contributed by atoms with Crippen LogP contribution < -0.4 is 16.4 Å². The van der Waals surface area contributed by atoms with Gasteiger partial charge in [0, 0.05) is 17.3 Å². The third kappa shape index (κ3) is 3.75. The summed E-state index contributed by atoms with van der Waals surface area (Å²) in [5, 5.41) is 7.10. The van der Waals surface area contributed by atoms with Crippen molar-refractivity contribution in [3.8, 4) is 0 Å². The molecule has 0 bridgehead atoms. The van der Waals surface area contributed by atoms with E-state index in [1.165, 1.54) is 6.33 Å². The molecule has 0 saturated heterocycles. The van der Waals surface area contributed by atoms with Crippen molar-refractivity contribution in [1.29, 1.82) is 0 Å². The van der Waals surface area contributed by atoms with Crippen LogP contribution in [0.3, 0.4) is 0 Å². The van der Waals surface area contributed by atoms with E-state index in [2.05, 4.69) is 20.6 Å². The first-order valence-corrected chi connectivity index (χ1v) is 7.93. The number of halogens is 1. The third-order valence-electron chi connectivity index (χ3n) is 3.62. The Morgan fingerprint density at radius 1 is 1.04 bits per heavy atom. The van der Waals surface area contributed by atoms with Crippen molar-refractivity contribution in [2.75, 3.05) is 16.4 Å². The molecule has 122 valence electrons. The van der Waals surface area contributed by atoms with Crippen LogP contribution in [0.25, 0.3) is 0 Å². The van der Waals surface area contributed by atoms with Gasteiger partial charge in [0.05, 0.1) is 0 Å². The van der Waals surface area contributed by atoms with Crippen molar-refractivity contribution >= 4 is 34.6 Å². The molecule has 0 fully saturated rings. The van der Waals surface area contributed by atoms with E-state index >= 15 is 0 Å². The lowest BCUT2D eigenvalue weighted by Gasteiger charge is -2.13. The van der Waals surface area contributed by atoms with Gasteiger partial charge < -0.3 is 16.4 Å². The lowest BCUT2D eigenvalue weighted by atomic mass is 10.2. The molecule has 3 aromatic rings. The summed E-state index contributed by atoms with van der Waals surface area (Å²) in [6.07, 6.45) is 1.47. The minimum Gasteiger partial charge on any atom is -0.393 e. The van der Waals surface area contributed by atoms with Gasteiger partial charge in [0.15, 0.2) is 11.6 Å². The van der Waals surface area contributed by atoms with Crippen molar-refractivity contribution in [2.45, 2.75) is 13.5 Å². The van der Waals surface area contributed by atoms with Gasteiger partial charge in [-0.1, -0.05) is 48.0 Å². The fourth-order valence-electron chi connectivity index (χ4n) is 2.23. The zero-order valence-electron chi connectivity index (χ0n) is 13.3. The Balaban J connectivity index is 1.76. The summed E-state index contributed by atoms with van der Waals surface area (Å²) >= 11 is 6.15. The highest BCUT2D eigenvalue weighted by Crippen LogP contribution is 2.28. The van der Waals surface area contributed by atoms with Gasteiger partial charge in [-0.2, -0.15) is 0 Å². The zero-order chi connectivity index (χ0) is 16.9. The molecule has 1 heterocycles. The Labute approximate surface area is 145 Å². The first-order chi connectivity index (χ1) is 11.6. The third-order valence-corrected chi connectivity index (χ3v) is 4.03. The molecule has 24 heavy (non-hydrogen) atoms. The minimum atomic E-state index is 0.463. The summed E-state index contributed by atoms with van der Waals surface area (Å²) in [7, 11) is 0. The summed E-state index contributed by atoms with van der Waals surface area (Å²) < 4.78 is 0. The number of nitrogen functional groups attached to an aromatic ring is 1. The summed E-state index contributed by atoms with van der Waals surface area (Å²) in [6, 6.07) is 15.8. The average Bonchev–Trinajstić information content (AvgIpc) is 2.60. The van der Waals surface area contributed by atoms with E-state index in [-0.39, 0.29) is 0 Å². The number of nitrogens with two attached hydrogens (primary N) is 1. The van der Waals surface area contributed by atoms with E-state index in [1.54, 1.807) is 0 Å². The number of nitrogens with one attached hydrogen (secondary N) is 2. The molecule has 0 amide bonds. The van der Waals surface area contributed by atoms with Crippen molar-refractivity contribution in [3.63, 3.8) is 0 Å². The largest absolute Gasteiger partial charge is 0.393 e. The van der Waals surface area contributed by atoms with Gasteiger partial charge in [-0.05, 0) is 30.2 Å². The monoisotopic (exact) mass is 339 g/mol. The number of rotatable bonds is 5. The van der Waals surface area contributed by atoms with Crippen LogP contribution in [0.5, 0.6) is 0 Å². The van der Waals surface area contributed by atoms with Crippen LogP contribution in [0.4, 0.5) is 23.0 Å². The van der Waals surface area contributed by atoms with E-state index in [0.717, 1.165) is 16.8 Å². The van der Waals surface area contributed by atoms with Crippen LogP contribution in [0.15, 0.2) is 54.9 Å². The fourth-order valence-corrected chi connectivity index (χ4v) is 2.41. The molecule has 2 aromatic carbocycles. The molecule has 4 N–H and O–H groups in total. The Morgan fingerprint density at radius 3 is 2.54 bits per heavy atom. The second-order valence-electron chi connectivity index (χ2n) is 5.41. The summed E-state index contributed by atoms with van der Waals surface area (Å²) in [6.45, 7) is 2.59. The maximum atomic E-state index is 6.18. The molecular formula is C18H18ClN5. The number of nitrogens with zero attached hydrogens (tertiary/aromatic N) is 2. The quantitative estimate of drug-likeness (QED) is 0.643. The van der Waals surface area contributed by atoms with Crippen LogP contribution in [-0.4, -0.2) is 9.97 Å². The maximum absolute atomic E-state index is 6.18. The second kappa shape index (κ2) is 7.19. The number of anilines is 4. The molecule has 0 atom stereocenters.